The number of benzene rings is 1. The maximum Gasteiger partial charge on any atom is 0.260 e. The Labute approximate surface area is 128 Å². The van der Waals surface area contributed by atoms with E-state index in [1.165, 1.54) is 0 Å². The quantitative estimate of drug-likeness (QED) is 0.774. The maximum atomic E-state index is 12.1. The summed E-state index contributed by atoms with van der Waals surface area (Å²) < 4.78 is 5.87. The number of hydrogen-bond acceptors (Lipinski definition) is 3. The van der Waals surface area contributed by atoms with Crippen LogP contribution in [0.3, 0.4) is 0 Å². The first kappa shape index (κ1) is 17.5. The zero-order valence-corrected chi connectivity index (χ0v) is 13.8. The van der Waals surface area contributed by atoms with Crippen LogP contribution in [0.15, 0.2) is 24.3 Å². The Kier molecular flexibility index (Phi) is 7.23. The van der Waals surface area contributed by atoms with Crippen molar-refractivity contribution in [2.24, 2.45) is 0 Å². The molecule has 0 fully saturated rings. The summed E-state index contributed by atoms with van der Waals surface area (Å²) in [6.07, 6.45) is 0.404. The summed E-state index contributed by atoms with van der Waals surface area (Å²) in [6.45, 7) is 10.9. The second-order valence-corrected chi connectivity index (χ2v) is 5.40. The number of carbonyl (C=O) groups is 1. The van der Waals surface area contributed by atoms with Crippen LogP contribution in [0.25, 0.3) is 0 Å². The van der Waals surface area contributed by atoms with Crippen LogP contribution in [-0.2, 0) is 4.79 Å². The van der Waals surface area contributed by atoms with E-state index in [4.69, 9.17) is 4.74 Å². The summed E-state index contributed by atoms with van der Waals surface area (Å²) in [7, 11) is 0. The molecule has 0 spiro atoms. The first-order chi connectivity index (χ1) is 9.99. The number of hydrogen-bond donors (Lipinski definition) is 2. The lowest BCUT2D eigenvalue weighted by Gasteiger charge is -2.21. The highest BCUT2D eigenvalue weighted by atomic mass is 16.5. The zero-order valence-electron chi connectivity index (χ0n) is 13.8. The highest BCUT2D eigenvalue weighted by Gasteiger charge is 2.18. The van der Waals surface area contributed by atoms with Crippen molar-refractivity contribution < 1.29 is 9.53 Å². The average molecular weight is 292 g/mol. The highest BCUT2D eigenvalue weighted by molar-refractivity contribution is 5.81. The SMILES string of the molecule is CCNC(C)c1ccccc1OC(C)C(=O)NC(C)CC. The minimum Gasteiger partial charge on any atom is -0.481 e. The topological polar surface area (TPSA) is 50.4 Å². The van der Waals surface area contributed by atoms with E-state index < -0.39 is 6.10 Å². The van der Waals surface area contributed by atoms with Crippen LogP contribution < -0.4 is 15.4 Å². The fourth-order valence-corrected chi connectivity index (χ4v) is 2.07. The van der Waals surface area contributed by atoms with Gasteiger partial charge in [0.2, 0.25) is 0 Å². The average Bonchev–Trinajstić information content (AvgIpc) is 2.47. The maximum absolute atomic E-state index is 12.1. The van der Waals surface area contributed by atoms with Gasteiger partial charge in [0.1, 0.15) is 5.75 Å². The third-order valence-electron chi connectivity index (χ3n) is 3.57. The Hall–Kier alpha value is -1.55. The molecule has 21 heavy (non-hydrogen) atoms. The Bertz CT molecular complexity index is 448. The molecule has 0 heterocycles. The molecule has 0 saturated heterocycles. The Balaban J connectivity index is 2.76. The van der Waals surface area contributed by atoms with E-state index in [1.54, 1.807) is 6.92 Å². The molecule has 0 bridgehead atoms. The van der Waals surface area contributed by atoms with Crippen LogP contribution in [0.2, 0.25) is 0 Å². The van der Waals surface area contributed by atoms with Gasteiger partial charge in [-0.3, -0.25) is 4.79 Å². The molecule has 0 saturated carbocycles. The van der Waals surface area contributed by atoms with Crippen molar-refractivity contribution in [3.05, 3.63) is 29.8 Å². The Morgan fingerprint density at radius 1 is 1.19 bits per heavy atom. The molecular weight excluding hydrogens is 264 g/mol. The first-order valence-electron chi connectivity index (χ1n) is 7.78. The summed E-state index contributed by atoms with van der Waals surface area (Å²) in [6, 6.07) is 8.21. The number of ether oxygens (including phenoxy) is 1. The molecule has 0 aliphatic heterocycles. The van der Waals surface area contributed by atoms with E-state index in [1.807, 2.05) is 38.1 Å². The van der Waals surface area contributed by atoms with Gasteiger partial charge in [0.05, 0.1) is 0 Å². The van der Waals surface area contributed by atoms with Gasteiger partial charge in [-0.05, 0) is 39.8 Å². The lowest BCUT2D eigenvalue weighted by Crippen LogP contribution is -2.41. The van der Waals surface area contributed by atoms with Gasteiger partial charge in [-0.15, -0.1) is 0 Å². The Morgan fingerprint density at radius 2 is 1.86 bits per heavy atom. The van der Waals surface area contributed by atoms with Crippen LogP contribution in [0, 0.1) is 0 Å². The van der Waals surface area contributed by atoms with Gasteiger partial charge in [0, 0.05) is 17.6 Å². The minimum atomic E-state index is -0.506. The van der Waals surface area contributed by atoms with Gasteiger partial charge < -0.3 is 15.4 Å². The van der Waals surface area contributed by atoms with Gasteiger partial charge in [-0.1, -0.05) is 32.0 Å². The summed E-state index contributed by atoms with van der Waals surface area (Å²) in [4.78, 5) is 12.1. The van der Waals surface area contributed by atoms with Gasteiger partial charge in [-0.25, -0.2) is 0 Å². The van der Waals surface area contributed by atoms with Gasteiger partial charge in [0.25, 0.3) is 5.91 Å². The zero-order chi connectivity index (χ0) is 15.8. The van der Waals surface area contributed by atoms with Gasteiger partial charge in [-0.2, -0.15) is 0 Å². The Morgan fingerprint density at radius 3 is 2.48 bits per heavy atom. The monoisotopic (exact) mass is 292 g/mol. The van der Waals surface area contributed by atoms with Crippen molar-refractivity contribution in [3.8, 4) is 5.75 Å². The third-order valence-corrected chi connectivity index (χ3v) is 3.57. The lowest BCUT2D eigenvalue weighted by molar-refractivity contribution is -0.127. The van der Waals surface area contributed by atoms with Crippen molar-refractivity contribution in [1.82, 2.24) is 10.6 Å². The third kappa shape index (κ3) is 5.38. The lowest BCUT2D eigenvalue weighted by atomic mass is 10.1. The van der Waals surface area contributed by atoms with Crippen LogP contribution in [0.5, 0.6) is 5.75 Å². The fraction of sp³-hybridized carbons (Fsp3) is 0.588. The van der Waals surface area contributed by atoms with E-state index in [2.05, 4.69) is 24.5 Å². The number of carbonyl (C=O) groups excluding carboxylic acids is 1. The van der Waals surface area contributed by atoms with Crippen LogP contribution in [-0.4, -0.2) is 24.6 Å². The summed E-state index contributed by atoms with van der Waals surface area (Å²) in [5.41, 5.74) is 1.07. The van der Waals surface area contributed by atoms with Crippen LogP contribution >= 0.6 is 0 Å². The number of nitrogens with one attached hydrogen (secondary N) is 2. The normalized spacial score (nSPS) is 15.1. The van der Waals surface area contributed by atoms with E-state index in [9.17, 15) is 4.79 Å². The highest BCUT2D eigenvalue weighted by Crippen LogP contribution is 2.25. The molecule has 3 unspecified atom stereocenters. The molecule has 1 rings (SSSR count). The van der Waals surface area contributed by atoms with Crippen molar-refractivity contribution in [2.45, 2.75) is 59.2 Å². The fourth-order valence-electron chi connectivity index (χ4n) is 2.07. The molecular formula is C17H28N2O2. The van der Waals surface area contributed by atoms with E-state index in [0.717, 1.165) is 24.3 Å². The smallest absolute Gasteiger partial charge is 0.260 e. The second kappa shape index (κ2) is 8.67. The van der Waals surface area contributed by atoms with E-state index in [-0.39, 0.29) is 18.0 Å². The standard InChI is InChI=1S/C17H28N2O2/c1-6-12(3)19-17(20)14(5)21-16-11-9-8-10-15(16)13(4)18-7-2/h8-14,18H,6-7H2,1-5H3,(H,19,20). The first-order valence-corrected chi connectivity index (χ1v) is 7.78. The van der Waals surface area contributed by atoms with Crippen molar-refractivity contribution >= 4 is 5.91 Å². The molecule has 1 aromatic carbocycles. The predicted octanol–water partition coefficient (Wildman–Crippen LogP) is 3.04. The molecule has 0 radical (unpaired) electrons. The summed E-state index contributed by atoms with van der Waals surface area (Å²) in [5, 5.41) is 6.31. The molecule has 0 aromatic heterocycles. The molecule has 3 atom stereocenters. The number of amides is 1. The number of rotatable bonds is 8. The second-order valence-electron chi connectivity index (χ2n) is 5.40. The van der Waals surface area contributed by atoms with Crippen molar-refractivity contribution in [2.75, 3.05) is 6.54 Å². The van der Waals surface area contributed by atoms with Crippen LogP contribution in [0.4, 0.5) is 0 Å². The van der Waals surface area contributed by atoms with E-state index in [0.29, 0.717) is 0 Å². The van der Waals surface area contributed by atoms with Gasteiger partial charge in [0.15, 0.2) is 6.10 Å². The molecule has 1 aromatic rings. The molecule has 0 aliphatic carbocycles. The molecule has 0 aliphatic rings. The minimum absolute atomic E-state index is 0.0738. The summed E-state index contributed by atoms with van der Waals surface area (Å²) in [5.74, 6) is 0.688. The largest absolute Gasteiger partial charge is 0.481 e. The number of para-hydroxylation sites is 1. The molecule has 4 nitrogen and oxygen atoms in total. The predicted molar refractivity (Wildman–Crippen MR) is 86.5 cm³/mol. The van der Waals surface area contributed by atoms with Crippen LogP contribution in [0.1, 0.15) is 52.6 Å². The molecule has 2 N–H and O–H groups in total. The van der Waals surface area contributed by atoms with Crippen molar-refractivity contribution in [3.63, 3.8) is 0 Å². The van der Waals surface area contributed by atoms with Gasteiger partial charge >= 0.3 is 0 Å². The summed E-state index contributed by atoms with van der Waals surface area (Å²) >= 11 is 0. The van der Waals surface area contributed by atoms with Crippen molar-refractivity contribution in [1.29, 1.82) is 0 Å². The molecule has 118 valence electrons. The molecule has 1 amide bonds. The van der Waals surface area contributed by atoms with E-state index >= 15 is 0 Å². The molecule has 4 heteroatoms.